The molecule has 0 heterocycles. The van der Waals surface area contributed by atoms with Gasteiger partial charge in [0.25, 0.3) is 0 Å². The fraction of sp³-hybridized carbons (Fsp3) is 0.188. The van der Waals surface area contributed by atoms with Crippen molar-refractivity contribution in [3.63, 3.8) is 0 Å². The summed E-state index contributed by atoms with van der Waals surface area (Å²) < 4.78 is 13.5. The summed E-state index contributed by atoms with van der Waals surface area (Å²) >= 11 is 0. The number of carbonyl (C=O) groups is 1. The zero-order valence-corrected chi connectivity index (χ0v) is 10.3. The van der Waals surface area contributed by atoms with Crippen molar-refractivity contribution >= 4 is 5.78 Å². The summed E-state index contributed by atoms with van der Waals surface area (Å²) in [5, 5.41) is 0. The number of ketones is 1. The van der Waals surface area contributed by atoms with Crippen LogP contribution in [0.15, 0.2) is 48.5 Å². The fourth-order valence-electron chi connectivity index (χ4n) is 1.91. The lowest BCUT2D eigenvalue weighted by atomic mass is 10.0. The molecule has 0 amide bonds. The average molecular weight is 242 g/mol. The van der Waals surface area contributed by atoms with Gasteiger partial charge < -0.3 is 0 Å². The van der Waals surface area contributed by atoms with Crippen molar-refractivity contribution in [2.75, 3.05) is 0 Å². The summed E-state index contributed by atoms with van der Waals surface area (Å²) in [5.74, 6) is -0.740. The molecule has 0 fully saturated rings. The largest absolute Gasteiger partial charge is 0.288 e. The van der Waals surface area contributed by atoms with Crippen LogP contribution in [0.25, 0.3) is 0 Å². The minimum atomic E-state index is -0.472. The van der Waals surface area contributed by atoms with Gasteiger partial charge in [0.2, 0.25) is 0 Å². The van der Waals surface area contributed by atoms with Gasteiger partial charge >= 0.3 is 0 Å². The van der Waals surface area contributed by atoms with Gasteiger partial charge in [-0.1, -0.05) is 49.7 Å². The summed E-state index contributed by atoms with van der Waals surface area (Å²) in [5.41, 5.74) is 1.85. The van der Waals surface area contributed by atoms with Crippen molar-refractivity contribution in [3.05, 3.63) is 71.0 Å². The third-order valence-electron chi connectivity index (χ3n) is 2.87. The molecule has 0 saturated carbocycles. The molecule has 2 aromatic carbocycles. The quantitative estimate of drug-likeness (QED) is 0.740. The Balaban J connectivity index is 2.27. The van der Waals surface area contributed by atoms with E-state index in [-0.39, 0.29) is 11.3 Å². The average Bonchev–Trinajstić information content (AvgIpc) is 2.40. The number of hydrogen-bond acceptors (Lipinski definition) is 1. The topological polar surface area (TPSA) is 17.1 Å². The number of carbonyl (C=O) groups excluding carboxylic acids is 1. The van der Waals surface area contributed by atoms with E-state index in [1.165, 1.54) is 17.7 Å². The van der Waals surface area contributed by atoms with Gasteiger partial charge in [0.05, 0.1) is 5.56 Å². The first-order valence-electron chi connectivity index (χ1n) is 6.10. The van der Waals surface area contributed by atoms with E-state index in [9.17, 15) is 9.18 Å². The normalized spacial score (nSPS) is 10.3. The highest BCUT2D eigenvalue weighted by molar-refractivity contribution is 6.09. The first kappa shape index (κ1) is 12.5. The van der Waals surface area contributed by atoms with E-state index in [2.05, 4.69) is 6.92 Å². The number of benzene rings is 2. The van der Waals surface area contributed by atoms with E-state index in [1.54, 1.807) is 24.3 Å². The second-order valence-corrected chi connectivity index (χ2v) is 4.26. The maximum absolute atomic E-state index is 13.5. The van der Waals surface area contributed by atoms with Crippen LogP contribution >= 0.6 is 0 Å². The molecule has 0 atom stereocenters. The van der Waals surface area contributed by atoms with Crippen LogP contribution in [0.1, 0.15) is 34.8 Å². The summed E-state index contributed by atoms with van der Waals surface area (Å²) in [4.78, 5) is 12.1. The van der Waals surface area contributed by atoms with Gasteiger partial charge in [-0.25, -0.2) is 4.39 Å². The van der Waals surface area contributed by atoms with Gasteiger partial charge in [-0.05, 0) is 24.1 Å². The smallest absolute Gasteiger partial charge is 0.195 e. The SMILES string of the molecule is CCCc1ccc(C(=O)c2ccccc2F)cc1. The highest BCUT2D eigenvalue weighted by Crippen LogP contribution is 2.14. The summed E-state index contributed by atoms with van der Waals surface area (Å²) in [7, 11) is 0. The van der Waals surface area contributed by atoms with Crippen molar-refractivity contribution in [2.45, 2.75) is 19.8 Å². The predicted molar refractivity (Wildman–Crippen MR) is 70.3 cm³/mol. The second-order valence-electron chi connectivity index (χ2n) is 4.26. The van der Waals surface area contributed by atoms with Gasteiger partial charge in [-0.2, -0.15) is 0 Å². The van der Waals surface area contributed by atoms with Crippen LogP contribution in [0.3, 0.4) is 0 Å². The van der Waals surface area contributed by atoms with Crippen LogP contribution in [0.5, 0.6) is 0 Å². The zero-order valence-electron chi connectivity index (χ0n) is 10.3. The molecule has 0 aromatic heterocycles. The standard InChI is InChI=1S/C16H15FO/c1-2-5-12-8-10-13(11-9-12)16(18)14-6-3-4-7-15(14)17/h3-4,6-11H,2,5H2,1H3. The molecule has 1 nitrogen and oxygen atoms in total. The molecule has 2 heteroatoms. The molecule has 0 N–H and O–H groups in total. The Bertz CT molecular complexity index is 543. The van der Waals surface area contributed by atoms with Crippen LogP contribution in [-0.2, 0) is 6.42 Å². The van der Waals surface area contributed by atoms with Crippen molar-refractivity contribution in [1.82, 2.24) is 0 Å². The van der Waals surface area contributed by atoms with Gasteiger partial charge in [0.15, 0.2) is 5.78 Å². The molecule has 0 aliphatic heterocycles. The van der Waals surface area contributed by atoms with Gasteiger partial charge in [0, 0.05) is 5.56 Å². The Hall–Kier alpha value is -1.96. The molecule has 2 rings (SSSR count). The monoisotopic (exact) mass is 242 g/mol. The van der Waals surface area contributed by atoms with Gasteiger partial charge in [0.1, 0.15) is 5.82 Å². The first-order chi connectivity index (χ1) is 8.72. The predicted octanol–water partition coefficient (Wildman–Crippen LogP) is 4.01. The van der Waals surface area contributed by atoms with Crippen molar-refractivity contribution in [1.29, 1.82) is 0 Å². The third kappa shape index (κ3) is 2.65. The highest BCUT2D eigenvalue weighted by Gasteiger charge is 2.12. The van der Waals surface area contributed by atoms with Crippen LogP contribution in [-0.4, -0.2) is 5.78 Å². The molecular formula is C16H15FO. The van der Waals surface area contributed by atoms with Crippen molar-refractivity contribution < 1.29 is 9.18 Å². The number of halogens is 1. The number of hydrogen-bond donors (Lipinski definition) is 0. The molecule has 0 aliphatic rings. The molecule has 0 radical (unpaired) electrons. The number of rotatable bonds is 4. The van der Waals surface area contributed by atoms with Gasteiger partial charge in [-0.15, -0.1) is 0 Å². The lowest BCUT2D eigenvalue weighted by molar-refractivity contribution is 0.103. The molecule has 0 bridgehead atoms. The van der Waals surface area contributed by atoms with E-state index < -0.39 is 5.82 Å². The molecule has 0 saturated heterocycles. The molecule has 0 aliphatic carbocycles. The van der Waals surface area contributed by atoms with Crippen LogP contribution < -0.4 is 0 Å². The highest BCUT2D eigenvalue weighted by atomic mass is 19.1. The molecule has 2 aromatic rings. The Labute approximate surface area is 106 Å². The Morgan fingerprint density at radius 1 is 1.06 bits per heavy atom. The lowest BCUT2D eigenvalue weighted by Crippen LogP contribution is -2.04. The van der Waals surface area contributed by atoms with Crippen LogP contribution in [0.4, 0.5) is 4.39 Å². The second kappa shape index (κ2) is 5.58. The third-order valence-corrected chi connectivity index (χ3v) is 2.87. The maximum atomic E-state index is 13.5. The summed E-state index contributed by atoms with van der Waals surface area (Å²) in [6.45, 7) is 2.11. The fourth-order valence-corrected chi connectivity index (χ4v) is 1.91. The van der Waals surface area contributed by atoms with E-state index in [4.69, 9.17) is 0 Å². The summed E-state index contributed by atoms with van der Waals surface area (Å²) in [6.07, 6.45) is 2.06. The molecule has 18 heavy (non-hydrogen) atoms. The Kier molecular flexibility index (Phi) is 3.88. The van der Waals surface area contributed by atoms with Gasteiger partial charge in [-0.3, -0.25) is 4.79 Å². The molecule has 0 spiro atoms. The minimum Gasteiger partial charge on any atom is -0.288 e. The number of aryl methyl sites for hydroxylation is 1. The Morgan fingerprint density at radius 3 is 2.33 bits per heavy atom. The molecular weight excluding hydrogens is 227 g/mol. The van der Waals surface area contributed by atoms with E-state index >= 15 is 0 Å². The lowest BCUT2D eigenvalue weighted by Gasteiger charge is -2.04. The van der Waals surface area contributed by atoms with E-state index in [0.717, 1.165) is 12.8 Å². The van der Waals surface area contributed by atoms with Crippen molar-refractivity contribution in [2.24, 2.45) is 0 Å². The molecule has 92 valence electrons. The first-order valence-corrected chi connectivity index (χ1v) is 6.10. The van der Waals surface area contributed by atoms with Crippen molar-refractivity contribution in [3.8, 4) is 0 Å². The molecule has 0 unspecified atom stereocenters. The Morgan fingerprint density at radius 2 is 1.72 bits per heavy atom. The zero-order chi connectivity index (χ0) is 13.0. The maximum Gasteiger partial charge on any atom is 0.195 e. The van der Waals surface area contributed by atoms with E-state index in [0.29, 0.717) is 5.56 Å². The van der Waals surface area contributed by atoms with Crippen LogP contribution in [0.2, 0.25) is 0 Å². The van der Waals surface area contributed by atoms with E-state index in [1.807, 2.05) is 12.1 Å². The summed E-state index contributed by atoms with van der Waals surface area (Å²) in [6, 6.07) is 13.4. The van der Waals surface area contributed by atoms with Crippen LogP contribution in [0, 0.1) is 5.82 Å². The minimum absolute atomic E-state index is 0.126.